The molecule has 1 aliphatic heterocycles. The van der Waals surface area contributed by atoms with Gasteiger partial charge in [-0.25, -0.2) is 4.98 Å². The number of pyridine rings is 1. The van der Waals surface area contributed by atoms with Crippen molar-refractivity contribution in [3.8, 4) is 0 Å². The molecule has 5 nitrogen and oxygen atoms in total. The fourth-order valence-electron chi connectivity index (χ4n) is 2.75. The number of nitrogens with one attached hydrogen (secondary N) is 2. The first kappa shape index (κ1) is 14.8. The maximum atomic E-state index is 12.3. The molecule has 0 radical (unpaired) electrons. The molecule has 0 aromatic carbocycles. The predicted molar refractivity (Wildman–Crippen MR) is 81.0 cm³/mol. The molecule has 1 aromatic rings. The molecule has 1 unspecified atom stereocenters. The van der Waals surface area contributed by atoms with Crippen LogP contribution in [-0.2, 0) is 0 Å². The van der Waals surface area contributed by atoms with E-state index in [2.05, 4.69) is 27.4 Å². The Morgan fingerprint density at radius 1 is 1.50 bits per heavy atom. The van der Waals surface area contributed by atoms with Crippen molar-refractivity contribution in [2.24, 2.45) is 0 Å². The standard InChI is InChI=1S/C15H24N4O/c1-3-16-14-13(8-5-9-17-14)15(20)18-11-12-7-6-10-19(12)4-2/h5,8-9,12H,3-4,6-7,10-11H2,1-2H3,(H,16,17)(H,18,20). The molecule has 1 aromatic heterocycles. The lowest BCUT2D eigenvalue weighted by Gasteiger charge is -2.23. The third kappa shape index (κ3) is 3.48. The summed E-state index contributed by atoms with van der Waals surface area (Å²) in [5.74, 6) is 0.614. The number of nitrogens with zero attached hydrogens (tertiary/aromatic N) is 2. The number of anilines is 1. The average molecular weight is 276 g/mol. The summed E-state index contributed by atoms with van der Waals surface area (Å²) >= 11 is 0. The van der Waals surface area contributed by atoms with E-state index in [0.29, 0.717) is 24.0 Å². The lowest BCUT2D eigenvalue weighted by Crippen LogP contribution is -2.40. The van der Waals surface area contributed by atoms with Gasteiger partial charge < -0.3 is 10.6 Å². The first-order valence-electron chi connectivity index (χ1n) is 7.47. The molecule has 2 N–H and O–H groups in total. The molecule has 0 bridgehead atoms. The zero-order valence-corrected chi connectivity index (χ0v) is 12.4. The largest absolute Gasteiger partial charge is 0.370 e. The van der Waals surface area contributed by atoms with Crippen LogP contribution in [0, 0.1) is 0 Å². The van der Waals surface area contributed by atoms with Gasteiger partial charge in [0.2, 0.25) is 0 Å². The highest BCUT2D eigenvalue weighted by Gasteiger charge is 2.23. The molecule has 20 heavy (non-hydrogen) atoms. The summed E-state index contributed by atoms with van der Waals surface area (Å²) in [6, 6.07) is 4.08. The highest BCUT2D eigenvalue weighted by Crippen LogP contribution is 2.16. The van der Waals surface area contributed by atoms with Gasteiger partial charge in [-0.3, -0.25) is 9.69 Å². The molecule has 1 fully saturated rings. The highest BCUT2D eigenvalue weighted by atomic mass is 16.1. The van der Waals surface area contributed by atoms with E-state index in [9.17, 15) is 4.79 Å². The molecule has 0 saturated carbocycles. The van der Waals surface area contributed by atoms with Gasteiger partial charge in [-0.1, -0.05) is 6.92 Å². The molecule has 2 heterocycles. The van der Waals surface area contributed by atoms with Crippen molar-refractivity contribution in [3.05, 3.63) is 23.9 Å². The minimum atomic E-state index is -0.0444. The molecule has 1 saturated heterocycles. The molecule has 0 aliphatic carbocycles. The Morgan fingerprint density at radius 3 is 3.10 bits per heavy atom. The molecule has 5 heteroatoms. The van der Waals surface area contributed by atoms with Crippen molar-refractivity contribution in [1.29, 1.82) is 0 Å². The van der Waals surface area contributed by atoms with Crippen LogP contribution in [0.2, 0.25) is 0 Å². The Hall–Kier alpha value is -1.62. The zero-order valence-electron chi connectivity index (χ0n) is 12.4. The monoisotopic (exact) mass is 276 g/mol. The first-order chi connectivity index (χ1) is 9.76. The number of hydrogen-bond acceptors (Lipinski definition) is 4. The maximum absolute atomic E-state index is 12.3. The van der Waals surface area contributed by atoms with E-state index in [1.165, 1.54) is 12.8 Å². The molecular weight excluding hydrogens is 252 g/mol. The Morgan fingerprint density at radius 2 is 2.35 bits per heavy atom. The summed E-state index contributed by atoms with van der Waals surface area (Å²) in [5.41, 5.74) is 0.621. The second kappa shape index (κ2) is 7.24. The second-order valence-corrected chi connectivity index (χ2v) is 5.06. The van der Waals surface area contributed by atoms with Crippen molar-refractivity contribution < 1.29 is 4.79 Å². The van der Waals surface area contributed by atoms with Gasteiger partial charge in [-0.05, 0) is 45.0 Å². The van der Waals surface area contributed by atoms with Crippen LogP contribution in [0.4, 0.5) is 5.82 Å². The summed E-state index contributed by atoms with van der Waals surface area (Å²) < 4.78 is 0. The second-order valence-electron chi connectivity index (χ2n) is 5.06. The number of carbonyl (C=O) groups is 1. The topological polar surface area (TPSA) is 57.3 Å². The van der Waals surface area contributed by atoms with Gasteiger partial charge in [0.25, 0.3) is 5.91 Å². The number of carbonyl (C=O) groups excluding carboxylic acids is 1. The van der Waals surface area contributed by atoms with E-state index < -0.39 is 0 Å². The normalized spacial score (nSPS) is 19.0. The van der Waals surface area contributed by atoms with Gasteiger partial charge in [0.05, 0.1) is 5.56 Å². The summed E-state index contributed by atoms with van der Waals surface area (Å²) in [5, 5.41) is 6.17. The minimum Gasteiger partial charge on any atom is -0.370 e. The molecule has 1 aliphatic rings. The molecule has 2 rings (SSSR count). The minimum absolute atomic E-state index is 0.0444. The SMILES string of the molecule is CCNc1ncccc1C(=O)NCC1CCCN1CC. The Kier molecular flexibility index (Phi) is 5.35. The molecule has 0 spiro atoms. The molecule has 1 atom stereocenters. The van der Waals surface area contributed by atoms with Gasteiger partial charge in [-0.15, -0.1) is 0 Å². The predicted octanol–water partition coefficient (Wildman–Crippen LogP) is 1.73. The van der Waals surface area contributed by atoms with E-state index in [1.54, 1.807) is 12.3 Å². The van der Waals surface area contributed by atoms with E-state index in [0.717, 1.165) is 19.6 Å². The van der Waals surface area contributed by atoms with Crippen LogP contribution in [0.5, 0.6) is 0 Å². The molecular formula is C15H24N4O. The molecule has 1 amide bonds. The fourth-order valence-corrected chi connectivity index (χ4v) is 2.75. The van der Waals surface area contributed by atoms with Crippen molar-refractivity contribution in [1.82, 2.24) is 15.2 Å². The lowest BCUT2D eigenvalue weighted by molar-refractivity contribution is 0.0942. The van der Waals surface area contributed by atoms with Crippen LogP contribution in [0.3, 0.4) is 0 Å². The Balaban J connectivity index is 1.95. The number of amides is 1. The van der Waals surface area contributed by atoms with Gasteiger partial charge in [0, 0.05) is 25.3 Å². The van der Waals surface area contributed by atoms with E-state index in [4.69, 9.17) is 0 Å². The first-order valence-corrected chi connectivity index (χ1v) is 7.47. The van der Waals surface area contributed by atoms with E-state index in [-0.39, 0.29) is 5.91 Å². The smallest absolute Gasteiger partial charge is 0.255 e. The van der Waals surface area contributed by atoms with Crippen molar-refractivity contribution in [2.45, 2.75) is 32.7 Å². The molecule has 110 valence electrons. The number of rotatable bonds is 6. The van der Waals surface area contributed by atoms with Crippen LogP contribution in [0.25, 0.3) is 0 Å². The zero-order chi connectivity index (χ0) is 14.4. The van der Waals surface area contributed by atoms with Crippen LogP contribution in [0.15, 0.2) is 18.3 Å². The van der Waals surface area contributed by atoms with Crippen LogP contribution >= 0.6 is 0 Å². The summed E-state index contributed by atoms with van der Waals surface area (Å²) in [7, 11) is 0. The van der Waals surface area contributed by atoms with Crippen LogP contribution in [0.1, 0.15) is 37.0 Å². The van der Waals surface area contributed by atoms with Gasteiger partial charge >= 0.3 is 0 Å². The number of hydrogen-bond donors (Lipinski definition) is 2. The van der Waals surface area contributed by atoms with E-state index >= 15 is 0 Å². The van der Waals surface area contributed by atoms with Crippen molar-refractivity contribution >= 4 is 11.7 Å². The average Bonchev–Trinajstić information content (AvgIpc) is 2.93. The van der Waals surface area contributed by atoms with Gasteiger partial charge in [-0.2, -0.15) is 0 Å². The summed E-state index contributed by atoms with van der Waals surface area (Å²) in [6.07, 6.45) is 4.09. The summed E-state index contributed by atoms with van der Waals surface area (Å²) in [4.78, 5) is 18.9. The number of aromatic nitrogens is 1. The van der Waals surface area contributed by atoms with Crippen molar-refractivity contribution in [2.75, 3.05) is 31.5 Å². The quantitative estimate of drug-likeness (QED) is 0.831. The third-order valence-electron chi connectivity index (χ3n) is 3.80. The number of likely N-dealkylation sites (tertiary alicyclic amines) is 1. The lowest BCUT2D eigenvalue weighted by atomic mass is 10.2. The highest BCUT2D eigenvalue weighted by molar-refractivity contribution is 5.98. The summed E-state index contributed by atoms with van der Waals surface area (Å²) in [6.45, 7) is 7.83. The Labute approximate surface area is 120 Å². The van der Waals surface area contributed by atoms with Gasteiger partial charge in [0.1, 0.15) is 5.82 Å². The van der Waals surface area contributed by atoms with Crippen molar-refractivity contribution in [3.63, 3.8) is 0 Å². The third-order valence-corrected chi connectivity index (χ3v) is 3.80. The van der Waals surface area contributed by atoms with Gasteiger partial charge in [0.15, 0.2) is 0 Å². The maximum Gasteiger partial charge on any atom is 0.255 e. The number of likely N-dealkylation sites (N-methyl/N-ethyl adjacent to an activating group) is 1. The van der Waals surface area contributed by atoms with E-state index in [1.807, 2.05) is 13.0 Å². The Bertz CT molecular complexity index is 449. The fraction of sp³-hybridized carbons (Fsp3) is 0.600. The van der Waals surface area contributed by atoms with Crippen LogP contribution < -0.4 is 10.6 Å². The van der Waals surface area contributed by atoms with Crippen LogP contribution in [-0.4, -0.2) is 48.0 Å².